The third-order valence-electron chi connectivity index (χ3n) is 10.4. The normalized spacial score (nSPS) is 22.7. The number of hydrogen-bond donors (Lipinski definition) is 3. The van der Waals surface area contributed by atoms with Crippen LogP contribution in [0.3, 0.4) is 0 Å². The van der Waals surface area contributed by atoms with Gasteiger partial charge in [-0.2, -0.15) is 5.10 Å². The number of amides is 5. The third kappa shape index (κ3) is 7.96. The van der Waals surface area contributed by atoms with Gasteiger partial charge in [0.1, 0.15) is 11.6 Å². The molecule has 0 radical (unpaired) electrons. The maximum atomic E-state index is 13.7. The van der Waals surface area contributed by atoms with Gasteiger partial charge in [0, 0.05) is 65.8 Å². The molecule has 2 aromatic heterocycles. The highest BCUT2D eigenvalue weighted by Gasteiger charge is 2.62. The molecule has 5 amide bonds. The van der Waals surface area contributed by atoms with Gasteiger partial charge in [-0.1, -0.05) is 53.7 Å². The largest absolute Gasteiger partial charge is 0.493 e. The second-order valence-electron chi connectivity index (χ2n) is 16.4. The lowest BCUT2D eigenvalue weighted by atomic mass is 9.51. The predicted molar refractivity (Wildman–Crippen MR) is 203 cm³/mol. The minimum Gasteiger partial charge on any atom is -0.493 e. The van der Waals surface area contributed by atoms with Gasteiger partial charge in [0.05, 0.1) is 18.0 Å². The van der Waals surface area contributed by atoms with Crippen LogP contribution in [0.15, 0.2) is 79.1 Å². The number of aromatic nitrogens is 3. The van der Waals surface area contributed by atoms with Crippen molar-refractivity contribution >= 4 is 35.3 Å². The Morgan fingerprint density at radius 3 is 2.06 bits per heavy atom. The van der Waals surface area contributed by atoms with E-state index >= 15 is 0 Å². The molecule has 0 spiro atoms. The smallest absolute Gasteiger partial charge is 0.324 e. The van der Waals surface area contributed by atoms with Crippen molar-refractivity contribution < 1.29 is 23.9 Å². The molecule has 278 valence electrons. The summed E-state index contributed by atoms with van der Waals surface area (Å²) < 4.78 is 7.55. The molecule has 2 aromatic carbocycles. The average Bonchev–Trinajstić information content (AvgIpc) is 3.54. The van der Waals surface area contributed by atoms with E-state index in [1.807, 2.05) is 75.4 Å². The van der Waals surface area contributed by atoms with Crippen LogP contribution in [0.25, 0.3) is 5.69 Å². The van der Waals surface area contributed by atoms with E-state index in [-0.39, 0.29) is 29.7 Å². The summed E-state index contributed by atoms with van der Waals surface area (Å²) in [5.41, 5.74) is 1.45. The fraction of sp³-hybridized carbons (Fsp3) is 0.415. The number of ether oxygens (including phenoxy) is 1. The third-order valence-corrected chi connectivity index (χ3v) is 10.4. The Bertz CT molecular complexity index is 1970. The molecule has 4 aromatic rings. The van der Waals surface area contributed by atoms with Gasteiger partial charge in [0.15, 0.2) is 0 Å². The second kappa shape index (κ2) is 14.1. The summed E-state index contributed by atoms with van der Waals surface area (Å²) >= 11 is 0. The number of carbonyl (C=O) groups excluding carboxylic acids is 4. The molecule has 12 heteroatoms. The number of urea groups is 1. The number of hydrogen-bond acceptors (Lipinski definition) is 7. The summed E-state index contributed by atoms with van der Waals surface area (Å²) in [5.74, 6) is 0.586. The van der Waals surface area contributed by atoms with Crippen LogP contribution in [0.4, 0.5) is 16.3 Å². The fourth-order valence-electron chi connectivity index (χ4n) is 8.07. The van der Waals surface area contributed by atoms with Crippen molar-refractivity contribution in [3.05, 3.63) is 95.9 Å². The van der Waals surface area contributed by atoms with Crippen molar-refractivity contribution in [1.82, 2.24) is 25.0 Å². The number of rotatable bonds is 10. The topological polar surface area (TPSA) is 148 Å². The van der Waals surface area contributed by atoms with Gasteiger partial charge in [0.2, 0.25) is 17.7 Å². The first-order valence-corrected chi connectivity index (χ1v) is 18.0. The van der Waals surface area contributed by atoms with Crippen molar-refractivity contribution in [3.8, 4) is 11.4 Å². The van der Waals surface area contributed by atoms with Crippen molar-refractivity contribution in [2.45, 2.75) is 79.2 Å². The summed E-state index contributed by atoms with van der Waals surface area (Å²) in [7, 11) is 1.54. The second-order valence-corrected chi connectivity index (χ2v) is 16.4. The van der Waals surface area contributed by atoms with E-state index in [2.05, 4.69) is 41.7 Å². The predicted octanol–water partition coefficient (Wildman–Crippen LogP) is 6.65. The lowest BCUT2D eigenvalue weighted by Crippen LogP contribution is -2.63. The molecule has 3 N–H and O–H groups in total. The molecule has 6 rings (SSSR count). The van der Waals surface area contributed by atoms with E-state index in [0.29, 0.717) is 43.1 Å². The molecular formula is C41H49N7O5. The maximum Gasteiger partial charge on any atom is 0.324 e. The number of nitrogens with zero attached hydrogens (tertiary/aromatic N) is 4. The number of likely N-dealkylation sites (tertiary alicyclic amines) is 1. The number of nitrogens with one attached hydrogen (secondary N) is 3. The fourth-order valence-corrected chi connectivity index (χ4v) is 8.07. The number of imide groups is 1. The van der Waals surface area contributed by atoms with Crippen LogP contribution in [-0.2, 0) is 32.8 Å². The average molecular weight is 720 g/mol. The van der Waals surface area contributed by atoms with Crippen LogP contribution in [0.2, 0.25) is 0 Å². The molecule has 1 aliphatic carbocycles. The lowest BCUT2D eigenvalue weighted by molar-refractivity contribution is -0.178. The van der Waals surface area contributed by atoms with Crippen LogP contribution in [-0.4, -0.2) is 57.1 Å². The van der Waals surface area contributed by atoms with Crippen LogP contribution in [0.5, 0.6) is 5.75 Å². The van der Waals surface area contributed by atoms with Gasteiger partial charge in [-0.15, -0.1) is 0 Å². The molecule has 1 saturated carbocycles. The Kier molecular flexibility index (Phi) is 9.93. The maximum absolute atomic E-state index is 13.7. The molecule has 2 aliphatic rings. The molecular weight excluding hydrogens is 670 g/mol. The Morgan fingerprint density at radius 1 is 0.830 bits per heavy atom. The minimum atomic E-state index is -0.871. The van der Waals surface area contributed by atoms with Crippen molar-refractivity contribution in [3.63, 3.8) is 0 Å². The first-order chi connectivity index (χ1) is 25.0. The van der Waals surface area contributed by atoms with Crippen molar-refractivity contribution in [2.75, 3.05) is 24.3 Å². The van der Waals surface area contributed by atoms with Gasteiger partial charge in [0.25, 0.3) is 0 Å². The Labute approximate surface area is 310 Å². The van der Waals surface area contributed by atoms with E-state index in [0.717, 1.165) is 28.9 Å². The number of carbonyl (C=O) groups is 4. The van der Waals surface area contributed by atoms with E-state index in [9.17, 15) is 19.2 Å². The highest BCUT2D eigenvalue weighted by molar-refractivity contribution is 6.04. The van der Waals surface area contributed by atoms with E-state index in [4.69, 9.17) is 9.84 Å². The molecule has 1 aliphatic heterocycles. The van der Waals surface area contributed by atoms with Gasteiger partial charge < -0.3 is 15.4 Å². The highest BCUT2D eigenvalue weighted by Crippen LogP contribution is 2.58. The molecule has 53 heavy (non-hydrogen) atoms. The van der Waals surface area contributed by atoms with Crippen molar-refractivity contribution in [1.29, 1.82) is 0 Å². The standard InChI is InChI=1S/C41H49N7O5/c1-38(2,3)32-22-33(45-37(52)44-29-10-14-31(15-11-29)53-21-18-27-16-19-42-20-17-27)48(46-32)30-12-8-28(9-13-30)23-43-34(49)39(4)24-40(5)26-41(6,25-39)36(51)47(7)35(40)50/h8-17,19-20,22H,18,21,23-26H2,1-7H3,(H,43,49)(H2,44,45,52). The van der Waals surface area contributed by atoms with Gasteiger partial charge in [-0.25, -0.2) is 9.48 Å². The molecule has 3 heterocycles. The molecule has 1 saturated heterocycles. The number of benzene rings is 2. The number of fused-ring (bicyclic) bond motifs is 2. The summed E-state index contributed by atoms with van der Waals surface area (Å²) in [6, 6.07) is 20.2. The van der Waals surface area contributed by atoms with E-state index < -0.39 is 22.3 Å². The highest BCUT2D eigenvalue weighted by atomic mass is 16.5. The Hall–Kier alpha value is -5.52. The van der Waals surface area contributed by atoms with Gasteiger partial charge >= 0.3 is 6.03 Å². The van der Waals surface area contributed by atoms with Gasteiger partial charge in [-0.05, 0) is 78.9 Å². The summed E-state index contributed by atoms with van der Waals surface area (Å²) in [6.07, 6.45) is 5.49. The molecule has 2 bridgehead atoms. The number of pyridine rings is 1. The van der Waals surface area contributed by atoms with E-state index in [1.165, 1.54) is 11.9 Å². The quantitative estimate of drug-likeness (QED) is 0.156. The first kappa shape index (κ1) is 37.2. The molecule has 2 fully saturated rings. The van der Waals surface area contributed by atoms with Crippen LogP contribution in [0.1, 0.15) is 77.6 Å². The molecule has 12 nitrogen and oxygen atoms in total. The SMILES string of the molecule is CN1C(=O)C2(C)CC(C)(C(=O)NCc3ccc(-n4nc(C(C)(C)C)cc4NC(=O)Nc4ccc(OCCc5ccncc5)cc4)cc3)CC(C)(C2)C1=O. The number of piperidine rings is 1. The van der Waals surface area contributed by atoms with E-state index in [1.54, 1.807) is 29.2 Å². The van der Waals surface area contributed by atoms with Crippen LogP contribution >= 0.6 is 0 Å². The zero-order valence-electron chi connectivity index (χ0n) is 31.6. The Morgan fingerprint density at radius 2 is 1.45 bits per heavy atom. The Balaban J connectivity index is 1.09. The monoisotopic (exact) mass is 719 g/mol. The van der Waals surface area contributed by atoms with Crippen molar-refractivity contribution in [2.24, 2.45) is 16.2 Å². The zero-order valence-corrected chi connectivity index (χ0v) is 31.6. The summed E-state index contributed by atoms with van der Waals surface area (Å²) in [6.45, 7) is 12.6. The summed E-state index contributed by atoms with van der Waals surface area (Å²) in [4.78, 5) is 58.3. The first-order valence-electron chi connectivity index (χ1n) is 18.0. The molecule has 2 atom stereocenters. The zero-order chi connectivity index (χ0) is 38.2. The van der Waals surface area contributed by atoms with Crippen LogP contribution < -0.4 is 20.7 Å². The minimum absolute atomic E-state index is 0.175. The van der Waals surface area contributed by atoms with Crippen LogP contribution in [0, 0.1) is 16.2 Å². The van der Waals surface area contributed by atoms with Gasteiger partial charge in [-0.3, -0.25) is 29.6 Å². The number of anilines is 2. The molecule has 2 unspecified atom stereocenters. The lowest BCUT2D eigenvalue weighted by Gasteiger charge is -2.55. The summed E-state index contributed by atoms with van der Waals surface area (Å²) in [5, 5.41) is 13.7.